The number of carbonyl (C=O) groups is 9. The van der Waals surface area contributed by atoms with E-state index in [1.54, 1.807) is 0 Å². The number of rotatable bonds is 0. The molecule has 0 atom stereocenters. The molecule has 0 rings (SSSR count). The second-order valence-electron chi connectivity index (χ2n) is 2.86. The maximum Gasteiger partial charge on any atom is 3.00 e. The van der Waals surface area contributed by atoms with Crippen LogP contribution in [0.5, 0.6) is 0 Å². The third-order valence-electron chi connectivity index (χ3n) is 1.000. The first-order chi connectivity index (χ1) is 13.6. The molecule has 0 aromatic rings. The summed E-state index contributed by atoms with van der Waals surface area (Å²) >= 11 is 0. The second-order valence-corrected chi connectivity index (χ2v) is 2.86. The van der Waals surface area contributed by atoms with Gasteiger partial charge in [-0.3, -0.25) is 0 Å². The van der Waals surface area contributed by atoms with Crippen LogP contribution in [0, 0.1) is 71.2 Å². The Bertz CT molecular complexity index is 563. The van der Waals surface area contributed by atoms with Gasteiger partial charge < -0.3 is 110 Å². The van der Waals surface area contributed by atoms with Crippen molar-refractivity contribution < 1.29 is 195 Å². The predicted molar refractivity (Wildman–Crippen MR) is 69.5 cm³/mol. The van der Waals surface area contributed by atoms with E-state index in [-0.39, 0.29) is 93.1 Å². The molecule has 0 saturated heterocycles. The molecule has 0 radical (unpaired) electrons. The van der Waals surface area contributed by atoms with E-state index in [0.717, 1.165) is 0 Å². The Labute approximate surface area is 249 Å². The van der Waals surface area contributed by atoms with Crippen molar-refractivity contribution >= 4 is 55.4 Å². The molecule has 200 valence electrons. The maximum atomic E-state index is 9.78. The summed E-state index contributed by atoms with van der Waals surface area (Å²) in [5.41, 5.74) is 0. The van der Waals surface area contributed by atoms with Crippen molar-refractivity contribution in [1.29, 1.82) is 0 Å². The molecular formula is C9H8La2O25. The summed E-state index contributed by atoms with van der Waals surface area (Å²) in [5.74, 6) is 0. The van der Waals surface area contributed by atoms with Gasteiger partial charge in [-0.2, -0.15) is 0 Å². The topological polar surface area (TPSA) is 473 Å². The second kappa shape index (κ2) is 34.0. The zero-order valence-electron chi connectivity index (χ0n) is 16.2. The first-order valence-electron chi connectivity index (χ1n) is 5.51. The molecule has 27 heteroatoms. The molecule has 0 bridgehead atoms. The molecule has 0 aromatic heterocycles. The molecule has 36 heavy (non-hydrogen) atoms. The number of ether oxygens (including phenoxy) is 6. The number of hydrogen-bond donors (Lipinski definition) is 0. The Kier molecular flexibility index (Phi) is 55.4. The number of carboxylic acid groups (broad SMARTS) is 6. The van der Waals surface area contributed by atoms with Crippen molar-refractivity contribution in [2.75, 3.05) is 0 Å². The van der Waals surface area contributed by atoms with Crippen molar-refractivity contribution in [3.8, 4) is 0 Å². The fraction of sp³-hybridized carbons (Fsp3) is 0. The van der Waals surface area contributed by atoms with E-state index in [1.807, 2.05) is 0 Å². The zero-order valence-corrected chi connectivity index (χ0v) is 23.5. The number of hydrogen-bond acceptors (Lipinski definition) is 21. The minimum atomic E-state index is -2.20. The quantitative estimate of drug-likeness (QED) is 0.125. The monoisotopic (exact) mass is 794 g/mol. The molecule has 0 heterocycles. The van der Waals surface area contributed by atoms with Crippen LogP contribution in [0.25, 0.3) is 0 Å². The normalized spacial score (nSPS) is 6.67. The van der Waals surface area contributed by atoms with Crippen molar-refractivity contribution in [2.45, 2.75) is 0 Å². The Morgan fingerprint density at radius 3 is 0.444 bits per heavy atom. The Balaban J connectivity index is -0.0000000401. The third-order valence-corrected chi connectivity index (χ3v) is 1.000. The van der Waals surface area contributed by atoms with Crippen molar-refractivity contribution in [3.63, 3.8) is 0 Å². The molecule has 0 aromatic carbocycles. The van der Waals surface area contributed by atoms with E-state index in [1.165, 1.54) is 0 Å². The molecule has 0 amide bonds. The summed E-state index contributed by atoms with van der Waals surface area (Å²) < 4.78 is 18.5. The van der Waals surface area contributed by atoms with Crippen molar-refractivity contribution in [2.24, 2.45) is 0 Å². The minimum Gasteiger partial charge on any atom is -0.467 e. The molecule has 0 aliphatic carbocycles. The molecule has 8 N–H and O–H groups in total. The standard InChI is InChI=1S/3C3H2O7.2La.4H2O/c3*4-1(5)9-3(8)10-2(6)7;;;;;;/h3*(H,4,5)(H,6,7);;;4*1H2/q;;;2*+3;;;;/p-6. The van der Waals surface area contributed by atoms with Crippen molar-refractivity contribution in [3.05, 3.63) is 0 Å². The van der Waals surface area contributed by atoms with Crippen LogP contribution < -0.4 is 30.6 Å². The summed E-state index contributed by atoms with van der Waals surface area (Å²) in [7, 11) is 0. The third kappa shape index (κ3) is 63.2. The molecule has 25 nitrogen and oxygen atoms in total. The summed E-state index contributed by atoms with van der Waals surface area (Å²) in [4.78, 5) is 85.4. The van der Waals surface area contributed by atoms with E-state index in [2.05, 4.69) is 28.4 Å². The van der Waals surface area contributed by atoms with Gasteiger partial charge in [0.05, 0.1) is 0 Å². The van der Waals surface area contributed by atoms with E-state index < -0.39 is 55.4 Å². The Morgan fingerprint density at radius 2 is 0.389 bits per heavy atom. The molecule has 0 unspecified atom stereocenters. The first-order valence-corrected chi connectivity index (χ1v) is 5.51. The van der Waals surface area contributed by atoms with Crippen LogP contribution in [-0.4, -0.2) is 77.3 Å². The van der Waals surface area contributed by atoms with Gasteiger partial charge in [0.25, 0.3) is 36.9 Å². The molecule has 0 spiro atoms. The van der Waals surface area contributed by atoms with E-state index in [0.29, 0.717) is 0 Å². The van der Waals surface area contributed by atoms with Crippen LogP contribution in [0.2, 0.25) is 0 Å². The van der Waals surface area contributed by atoms with Gasteiger partial charge in [-0.25, -0.2) is 14.4 Å². The van der Waals surface area contributed by atoms with Gasteiger partial charge in [0.1, 0.15) is 0 Å². The Hall–Kier alpha value is -3.14. The van der Waals surface area contributed by atoms with Crippen LogP contribution in [0.4, 0.5) is 43.2 Å². The van der Waals surface area contributed by atoms with E-state index in [9.17, 15) is 73.8 Å². The molecule has 0 fully saturated rings. The summed E-state index contributed by atoms with van der Waals surface area (Å²) in [6, 6.07) is 0. The summed E-state index contributed by atoms with van der Waals surface area (Å²) in [6.07, 6.45) is -19.0. The maximum absolute atomic E-state index is 9.78. The van der Waals surface area contributed by atoms with E-state index in [4.69, 9.17) is 0 Å². The smallest absolute Gasteiger partial charge is 0.467 e. The predicted octanol–water partition coefficient (Wildman–Crippen LogP) is -9.82. The average molecular weight is 794 g/mol. The van der Waals surface area contributed by atoms with Crippen LogP contribution in [0.3, 0.4) is 0 Å². The van der Waals surface area contributed by atoms with Crippen molar-refractivity contribution in [1.82, 2.24) is 0 Å². The van der Waals surface area contributed by atoms with Crippen LogP contribution in [0.15, 0.2) is 0 Å². The molecular weight excluding hydrogens is 786 g/mol. The fourth-order valence-corrected chi connectivity index (χ4v) is 0.471. The van der Waals surface area contributed by atoms with Gasteiger partial charge in [0.2, 0.25) is 0 Å². The van der Waals surface area contributed by atoms with Crippen LogP contribution >= 0.6 is 0 Å². The summed E-state index contributed by atoms with van der Waals surface area (Å²) in [5, 5.41) is 56.1. The van der Waals surface area contributed by atoms with Gasteiger partial charge in [0, 0.05) is 0 Å². The Morgan fingerprint density at radius 1 is 0.306 bits per heavy atom. The molecule has 0 aliphatic heterocycles. The van der Waals surface area contributed by atoms with Gasteiger partial charge >= 0.3 is 89.7 Å². The first kappa shape index (κ1) is 58.6. The SMILES string of the molecule is O.O.O.O.O=C([O-])OC(=O)OC(=O)[O-].O=C([O-])OC(=O)OC(=O)[O-].O=C([O-])OC(=O)OC(=O)[O-].[La+3].[La+3]. The van der Waals surface area contributed by atoms with Gasteiger partial charge in [-0.05, 0) is 0 Å². The number of carbonyl (C=O) groups excluding carboxylic acids is 9. The van der Waals surface area contributed by atoms with Crippen LogP contribution in [0.1, 0.15) is 0 Å². The molecule has 0 aliphatic rings. The summed E-state index contributed by atoms with van der Waals surface area (Å²) in [6.45, 7) is 0. The van der Waals surface area contributed by atoms with Gasteiger partial charge in [0.15, 0.2) is 0 Å². The zero-order chi connectivity index (χ0) is 24.4. The molecule has 0 saturated carbocycles. The minimum absolute atomic E-state index is 0. The average Bonchev–Trinajstić information content (AvgIpc) is 2.42. The van der Waals surface area contributed by atoms with E-state index >= 15 is 0 Å². The van der Waals surface area contributed by atoms with Crippen LogP contribution in [-0.2, 0) is 28.4 Å². The fourth-order valence-electron chi connectivity index (χ4n) is 0.471. The van der Waals surface area contributed by atoms with Gasteiger partial charge in [-0.1, -0.05) is 0 Å². The van der Waals surface area contributed by atoms with Gasteiger partial charge in [-0.15, -0.1) is 0 Å². The largest absolute Gasteiger partial charge is 3.00 e.